The Morgan fingerprint density at radius 2 is 1.73 bits per heavy atom. The lowest BCUT2D eigenvalue weighted by Gasteiger charge is -2.44. The van der Waals surface area contributed by atoms with Crippen LogP contribution in [0.3, 0.4) is 0 Å². The van der Waals surface area contributed by atoms with Gasteiger partial charge in [0.2, 0.25) is 0 Å². The van der Waals surface area contributed by atoms with Crippen molar-refractivity contribution in [1.82, 2.24) is 10.0 Å². The van der Waals surface area contributed by atoms with E-state index in [1.165, 1.54) is 12.1 Å². The zero-order valence-electron chi connectivity index (χ0n) is 18.3. The van der Waals surface area contributed by atoms with Gasteiger partial charge >= 0.3 is 0 Å². The van der Waals surface area contributed by atoms with Gasteiger partial charge in [-0.3, -0.25) is 14.6 Å². The zero-order valence-corrected chi connectivity index (χ0v) is 19.9. The number of hydrazine groups is 1. The molecule has 1 aliphatic heterocycles. The summed E-state index contributed by atoms with van der Waals surface area (Å²) in [5.41, 5.74) is -0.0144. The van der Waals surface area contributed by atoms with Crippen LogP contribution in [0.5, 0.6) is 0 Å². The van der Waals surface area contributed by atoms with Crippen LogP contribution in [0.2, 0.25) is 0 Å². The number of likely N-dealkylation sites (N-methyl/N-ethyl adjacent to an activating group) is 1. The predicted octanol–water partition coefficient (Wildman–Crippen LogP) is 5.17. The Morgan fingerprint density at radius 1 is 1.12 bits per heavy atom. The highest BCUT2D eigenvalue weighted by molar-refractivity contribution is 9.10. The van der Waals surface area contributed by atoms with Crippen molar-refractivity contribution in [3.63, 3.8) is 0 Å². The van der Waals surface area contributed by atoms with Crippen LogP contribution in [0.1, 0.15) is 26.3 Å². The Kier molecular flexibility index (Phi) is 7.28. The van der Waals surface area contributed by atoms with Crippen LogP contribution in [0.4, 0.5) is 23.2 Å². The number of hydrogen-bond acceptors (Lipinski definition) is 3. The topological polar surface area (TPSA) is 52.7 Å². The second-order valence-corrected chi connectivity index (χ2v) is 8.90. The average Bonchev–Trinajstić information content (AvgIpc) is 2.72. The van der Waals surface area contributed by atoms with E-state index >= 15 is 0 Å². The Bertz CT molecular complexity index is 1130. The largest absolute Gasteiger partial charge is 0.322 e. The molecule has 1 unspecified atom stereocenters. The molecule has 0 radical (unpaired) electrons. The van der Waals surface area contributed by atoms with Crippen molar-refractivity contribution in [2.75, 3.05) is 12.4 Å². The quantitative estimate of drug-likeness (QED) is 0.331. The smallest absolute Gasteiger partial charge is 0.274 e. The minimum atomic E-state index is -1.09. The van der Waals surface area contributed by atoms with Crippen molar-refractivity contribution in [2.45, 2.75) is 33.4 Å². The van der Waals surface area contributed by atoms with Crippen LogP contribution in [-0.2, 0) is 16.1 Å². The maximum absolute atomic E-state index is 14.3. The molecule has 0 bridgehead atoms. The summed E-state index contributed by atoms with van der Waals surface area (Å²) >= 11 is 2.76. The summed E-state index contributed by atoms with van der Waals surface area (Å²) in [6.45, 7) is 5.08. The minimum Gasteiger partial charge on any atom is -0.322 e. The molecule has 0 saturated heterocycles. The first-order chi connectivity index (χ1) is 15.4. The van der Waals surface area contributed by atoms with Gasteiger partial charge < -0.3 is 5.32 Å². The molecule has 1 aliphatic rings. The molecular formula is C23H22BrF4N3O2. The van der Waals surface area contributed by atoms with Gasteiger partial charge in [-0.05, 0) is 52.5 Å². The SMILES string of the molecule is CC1=C(C(=O)Nc2cc(F)c(Br)c(F)c2)C(=O)N(Cc2cccc(F)c2F)N(C)C1C(C)C. The molecule has 0 fully saturated rings. The van der Waals surface area contributed by atoms with Crippen LogP contribution >= 0.6 is 15.9 Å². The number of anilines is 1. The molecule has 5 nitrogen and oxygen atoms in total. The molecule has 0 aromatic heterocycles. The van der Waals surface area contributed by atoms with Crippen LogP contribution in [0.25, 0.3) is 0 Å². The molecule has 1 N–H and O–H groups in total. The van der Waals surface area contributed by atoms with Crippen molar-refractivity contribution < 1.29 is 27.2 Å². The molecule has 2 aromatic rings. The van der Waals surface area contributed by atoms with Gasteiger partial charge in [0.05, 0.1) is 17.1 Å². The van der Waals surface area contributed by atoms with Gasteiger partial charge in [-0.1, -0.05) is 26.0 Å². The van der Waals surface area contributed by atoms with E-state index in [4.69, 9.17) is 0 Å². The zero-order chi connectivity index (χ0) is 24.6. The summed E-state index contributed by atoms with van der Waals surface area (Å²) in [5, 5.41) is 5.11. The second-order valence-electron chi connectivity index (χ2n) is 8.10. The number of amides is 2. The van der Waals surface area contributed by atoms with Crippen molar-refractivity contribution in [3.05, 3.63) is 74.8 Å². The van der Waals surface area contributed by atoms with Gasteiger partial charge in [-0.2, -0.15) is 0 Å². The fourth-order valence-electron chi connectivity index (χ4n) is 4.06. The molecule has 3 rings (SSSR count). The molecule has 176 valence electrons. The fraction of sp³-hybridized carbons (Fsp3) is 0.304. The average molecular weight is 528 g/mol. The van der Waals surface area contributed by atoms with Crippen LogP contribution in [0.15, 0.2) is 46.0 Å². The molecule has 33 heavy (non-hydrogen) atoms. The highest BCUT2D eigenvalue weighted by Crippen LogP contribution is 2.31. The van der Waals surface area contributed by atoms with E-state index in [1.807, 2.05) is 13.8 Å². The third-order valence-corrected chi connectivity index (χ3v) is 6.28. The highest BCUT2D eigenvalue weighted by Gasteiger charge is 2.40. The lowest BCUT2D eigenvalue weighted by Crippen LogP contribution is -2.56. The van der Waals surface area contributed by atoms with E-state index in [9.17, 15) is 27.2 Å². The van der Waals surface area contributed by atoms with Crippen molar-refractivity contribution in [2.24, 2.45) is 5.92 Å². The molecular weight excluding hydrogens is 506 g/mol. The van der Waals surface area contributed by atoms with Gasteiger partial charge in [0.25, 0.3) is 11.8 Å². The van der Waals surface area contributed by atoms with Crippen LogP contribution in [-0.4, -0.2) is 34.9 Å². The van der Waals surface area contributed by atoms with Crippen LogP contribution < -0.4 is 5.32 Å². The van der Waals surface area contributed by atoms with E-state index in [0.717, 1.165) is 23.2 Å². The number of rotatable bonds is 5. The third-order valence-electron chi connectivity index (χ3n) is 5.52. The normalized spacial score (nSPS) is 17.2. The maximum atomic E-state index is 14.3. The first-order valence-corrected chi connectivity index (χ1v) is 10.9. The Labute approximate surface area is 197 Å². The molecule has 0 spiro atoms. The first-order valence-electron chi connectivity index (χ1n) is 10.1. The summed E-state index contributed by atoms with van der Waals surface area (Å²) < 4.78 is 55.4. The number of benzene rings is 2. The molecule has 0 saturated carbocycles. The summed E-state index contributed by atoms with van der Waals surface area (Å²) in [5.74, 6) is -5.65. The van der Waals surface area contributed by atoms with Crippen molar-refractivity contribution in [1.29, 1.82) is 0 Å². The maximum Gasteiger partial charge on any atom is 0.274 e. The Hall–Kier alpha value is -2.72. The van der Waals surface area contributed by atoms with E-state index in [0.29, 0.717) is 5.57 Å². The van der Waals surface area contributed by atoms with Gasteiger partial charge in [-0.25, -0.2) is 22.6 Å². The number of halogens is 5. The molecule has 2 amide bonds. The first kappa shape index (κ1) is 24.9. The standard InChI is InChI=1S/C23H22BrF4N3O2/c1-11(2)21-12(3)18(22(32)29-14-8-16(26)19(24)17(27)9-14)23(33)31(30(21)4)10-13-6-5-7-15(25)20(13)28/h5-9,11,21H,10H2,1-4H3,(H,29,32). The van der Waals surface area contributed by atoms with Crippen molar-refractivity contribution >= 4 is 33.4 Å². The molecule has 1 atom stereocenters. The second kappa shape index (κ2) is 9.64. The molecule has 10 heteroatoms. The number of carbonyl (C=O) groups is 2. The number of hydrogen-bond donors (Lipinski definition) is 1. The van der Waals surface area contributed by atoms with E-state index in [2.05, 4.69) is 21.2 Å². The third kappa shape index (κ3) is 4.81. The predicted molar refractivity (Wildman–Crippen MR) is 119 cm³/mol. The number of carbonyl (C=O) groups excluding carboxylic acids is 2. The molecule has 1 heterocycles. The van der Waals surface area contributed by atoms with E-state index in [-0.39, 0.29) is 33.8 Å². The number of nitrogens with one attached hydrogen (secondary N) is 1. The summed E-state index contributed by atoms with van der Waals surface area (Å²) in [6.07, 6.45) is 0. The minimum absolute atomic E-state index is 0.0610. The van der Waals surface area contributed by atoms with Crippen molar-refractivity contribution in [3.8, 4) is 0 Å². The number of nitrogens with zero attached hydrogens (tertiary/aromatic N) is 2. The summed E-state index contributed by atoms with van der Waals surface area (Å²) in [4.78, 5) is 26.4. The molecule has 2 aromatic carbocycles. The van der Waals surface area contributed by atoms with E-state index < -0.39 is 41.1 Å². The van der Waals surface area contributed by atoms with Gasteiger partial charge in [-0.15, -0.1) is 0 Å². The highest BCUT2D eigenvalue weighted by atomic mass is 79.9. The monoisotopic (exact) mass is 527 g/mol. The lowest BCUT2D eigenvalue weighted by molar-refractivity contribution is -0.152. The lowest BCUT2D eigenvalue weighted by atomic mass is 9.89. The summed E-state index contributed by atoms with van der Waals surface area (Å²) in [7, 11) is 1.62. The Morgan fingerprint density at radius 3 is 2.30 bits per heavy atom. The van der Waals surface area contributed by atoms with Gasteiger partial charge in [0, 0.05) is 18.3 Å². The fourth-order valence-corrected chi connectivity index (χ4v) is 4.29. The van der Waals surface area contributed by atoms with Crippen LogP contribution in [0, 0.1) is 29.2 Å². The summed E-state index contributed by atoms with van der Waals surface area (Å²) in [6, 6.07) is 5.06. The molecule has 0 aliphatic carbocycles. The van der Waals surface area contributed by atoms with Gasteiger partial charge in [0.1, 0.15) is 17.2 Å². The van der Waals surface area contributed by atoms with E-state index in [1.54, 1.807) is 19.0 Å². The van der Waals surface area contributed by atoms with Gasteiger partial charge in [0.15, 0.2) is 11.6 Å². The Balaban J connectivity index is 2.00.